The number of nitrogens with one attached hydrogen (secondary N) is 1. The molecule has 176 valence electrons. The number of amides is 1. The van der Waals surface area contributed by atoms with Crippen LogP contribution in [-0.4, -0.2) is 18.2 Å². The molecule has 0 unspecified atom stereocenters. The van der Waals surface area contributed by atoms with Crippen molar-refractivity contribution in [3.63, 3.8) is 0 Å². The van der Waals surface area contributed by atoms with E-state index in [1.807, 2.05) is 37.3 Å². The lowest BCUT2D eigenvalue weighted by Crippen LogP contribution is -2.19. The summed E-state index contributed by atoms with van der Waals surface area (Å²) in [4.78, 5) is 17.6. The van der Waals surface area contributed by atoms with Gasteiger partial charge in [-0.05, 0) is 66.2 Å². The van der Waals surface area contributed by atoms with Gasteiger partial charge in [0.1, 0.15) is 6.61 Å². The molecule has 0 bridgehead atoms. The molecule has 1 fully saturated rings. The minimum atomic E-state index is -0.243. The molecule has 3 aromatic rings. The highest BCUT2D eigenvalue weighted by Gasteiger charge is 2.25. The number of nitrogens with zero attached hydrogens (tertiary/aromatic N) is 2. The number of methoxy groups -OCH3 is 1. The minimum absolute atomic E-state index is 0.216. The van der Waals surface area contributed by atoms with E-state index in [1.165, 1.54) is 11.8 Å². The maximum Gasteiger partial charge on any atom is 0.264 e. The summed E-state index contributed by atoms with van der Waals surface area (Å²) in [5.41, 5.74) is 3.62. The monoisotopic (exact) mass is 567 g/mol. The average molecular weight is 569 g/mol. The van der Waals surface area contributed by atoms with Crippen LogP contribution in [0, 0.1) is 18.3 Å². The summed E-state index contributed by atoms with van der Waals surface area (Å²) in [6.07, 6.45) is 1.76. The van der Waals surface area contributed by atoms with Gasteiger partial charge < -0.3 is 14.8 Å². The van der Waals surface area contributed by atoms with E-state index in [9.17, 15) is 10.1 Å². The number of hydrogen-bond acceptors (Lipinski definition) is 6. The first-order valence-corrected chi connectivity index (χ1v) is 12.4. The van der Waals surface area contributed by atoms with Crippen LogP contribution >= 0.6 is 39.3 Å². The molecule has 1 aliphatic heterocycles. The predicted octanol–water partition coefficient (Wildman–Crippen LogP) is 6.76. The van der Waals surface area contributed by atoms with Crippen molar-refractivity contribution in [2.24, 2.45) is 4.99 Å². The van der Waals surface area contributed by atoms with Crippen molar-refractivity contribution < 1.29 is 14.3 Å². The Labute approximate surface area is 220 Å². The number of carbonyl (C=O) groups excluding carboxylic acids is 1. The SMILES string of the molecule is COc1cc(/C=C2\SC(=Nc3cccc(Cl)c3C)NC2=O)c(Br)cc1OCc1ccccc1C#N. The molecule has 1 heterocycles. The van der Waals surface area contributed by atoms with Gasteiger partial charge in [-0.1, -0.05) is 51.8 Å². The van der Waals surface area contributed by atoms with E-state index in [0.717, 1.165) is 21.2 Å². The lowest BCUT2D eigenvalue weighted by Gasteiger charge is -2.13. The second-order valence-electron chi connectivity index (χ2n) is 7.45. The molecule has 0 aromatic heterocycles. The number of nitriles is 1. The van der Waals surface area contributed by atoms with Crippen molar-refractivity contribution >= 4 is 62.1 Å². The third kappa shape index (κ3) is 5.70. The van der Waals surface area contributed by atoms with E-state index in [2.05, 4.69) is 32.3 Å². The van der Waals surface area contributed by atoms with E-state index in [4.69, 9.17) is 21.1 Å². The van der Waals surface area contributed by atoms with Crippen molar-refractivity contribution in [1.29, 1.82) is 5.26 Å². The predicted molar refractivity (Wildman–Crippen MR) is 143 cm³/mol. The summed E-state index contributed by atoms with van der Waals surface area (Å²) in [7, 11) is 1.55. The number of halogens is 2. The maximum absolute atomic E-state index is 12.6. The Balaban J connectivity index is 1.57. The van der Waals surface area contributed by atoms with Crippen LogP contribution in [0.15, 0.2) is 69.0 Å². The smallest absolute Gasteiger partial charge is 0.264 e. The van der Waals surface area contributed by atoms with Crippen molar-refractivity contribution in [2.75, 3.05) is 7.11 Å². The largest absolute Gasteiger partial charge is 0.493 e. The van der Waals surface area contributed by atoms with Gasteiger partial charge in [0, 0.05) is 15.1 Å². The fourth-order valence-corrected chi connectivity index (χ4v) is 4.72. The number of thioether (sulfide) groups is 1. The molecule has 1 saturated heterocycles. The third-order valence-electron chi connectivity index (χ3n) is 5.20. The van der Waals surface area contributed by atoms with E-state index >= 15 is 0 Å². The molecule has 3 aromatic carbocycles. The van der Waals surface area contributed by atoms with Crippen LogP contribution in [0.25, 0.3) is 6.08 Å². The molecule has 0 aliphatic carbocycles. The van der Waals surface area contributed by atoms with Crippen LogP contribution in [0.2, 0.25) is 5.02 Å². The summed E-state index contributed by atoms with van der Waals surface area (Å²) in [5.74, 6) is 0.769. The first-order chi connectivity index (χ1) is 16.9. The number of rotatable bonds is 6. The van der Waals surface area contributed by atoms with Gasteiger partial charge in [0.05, 0.1) is 29.3 Å². The first kappa shape index (κ1) is 24.9. The fourth-order valence-electron chi connectivity index (χ4n) is 3.29. The summed E-state index contributed by atoms with van der Waals surface area (Å²) in [6.45, 7) is 2.10. The zero-order valence-corrected chi connectivity index (χ0v) is 21.9. The number of ether oxygens (including phenoxy) is 2. The zero-order valence-electron chi connectivity index (χ0n) is 18.8. The molecule has 1 N–H and O–H groups in total. The quantitative estimate of drug-likeness (QED) is 0.332. The highest BCUT2D eigenvalue weighted by molar-refractivity contribution is 9.10. The molecular weight excluding hydrogens is 550 g/mol. The normalized spacial score (nSPS) is 15.2. The molecule has 1 aliphatic rings. The van der Waals surface area contributed by atoms with Crippen molar-refractivity contribution in [3.8, 4) is 17.6 Å². The second kappa shape index (κ2) is 11.0. The Bertz CT molecular complexity index is 1420. The van der Waals surface area contributed by atoms with Crippen molar-refractivity contribution in [1.82, 2.24) is 5.32 Å². The molecule has 6 nitrogen and oxygen atoms in total. The molecule has 4 rings (SSSR count). The molecule has 35 heavy (non-hydrogen) atoms. The first-order valence-electron chi connectivity index (χ1n) is 10.4. The third-order valence-corrected chi connectivity index (χ3v) is 7.21. The number of amidine groups is 1. The van der Waals surface area contributed by atoms with Gasteiger partial charge in [-0.2, -0.15) is 5.26 Å². The fraction of sp³-hybridized carbons (Fsp3) is 0.115. The van der Waals surface area contributed by atoms with Gasteiger partial charge in [0.15, 0.2) is 16.7 Å². The van der Waals surface area contributed by atoms with Gasteiger partial charge in [-0.25, -0.2) is 4.99 Å². The molecule has 1 amide bonds. The average Bonchev–Trinajstić information content (AvgIpc) is 3.20. The summed E-state index contributed by atoms with van der Waals surface area (Å²) < 4.78 is 12.2. The van der Waals surface area contributed by atoms with Crippen LogP contribution < -0.4 is 14.8 Å². The molecule has 0 radical (unpaired) electrons. The lowest BCUT2D eigenvalue weighted by molar-refractivity contribution is -0.115. The molecule has 0 atom stereocenters. The van der Waals surface area contributed by atoms with Gasteiger partial charge >= 0.3 is 0 Å². The van der Waals surface area contributed by atoms with Crippen molar-refractivity contribution in [3.05, 3.63) is 91.3 Å². The Hall–Kier alpha value is -3.25. The summed E-state index contributed by atoms with van der Waals surface area (Å²) in [5, 5.41) is 13.2. The van der Waals surface area contributed by atoms with Crippen molar-refractivity contribution in [2.45, 2.75) is 13.5 Å². The Morgan fingerprint density at radius 2 is 2.00 bits per heavy atom. The van der Waals surface area contributed by atoms with Crippen LogP contribution in [0.1, 0.15) is 22.3 Å². The number of carbonyl (C=O) groups is 1. The number of benzene rings is 3. The van der Waals surface area contributed by atoms with Crippen LogP contribution in [-0.2, 0) is 11.4 Å². The van der Waals surface area contributed by atoms with Crippen LogP contribution in [0.5, 0.6) is 11.5 Å². The highest BCUT2D eigenvalue weighted by Crippen LogP contribution is 2.37. The maximum atomic E-state index is 12.6. The zero-order chi connectivity index (χ0) is 24.9. The topological polar surface area (TPSA) is 83.7 Å². The molecule has 0 spiro atoms. The van der Waals surface area contributed by atoms with Gasteiger partial charge in [-0.15, -0.1) is 0 Å². The summed E-state index contributed by atoms with van der Waals surface area (Å²) >= 11 is 11.0. The molecular formula is C26H19BrClN3O3S. The van der Waals surface area contributed by atoms with Crippen LogP contribution in [0.4, 0.5) is 5.69 Å². The Morgan fingerprint density at radius 3 is 2.77 bits per heavy atom. The Kier molecular flexibility index (Phi) is 7.81. The molecule has 9 heteroatoms. The Morgan fingerprint density at radius 1 is 1.20 bits per heavy atom. The number of aliphatic imine (C=N–C) groups is 1. The van der Waals surface area contributed by atoms with Gasteiger partial charge in [0.2, 0.25) is 0 Å². The standard InChI is InChI=1S/C26H19BrClN3O3S/c1-15-20(28)8-5-9-21(15)30-26-31-25(32)24(35-26)11-18-10-22(33-2)23(12-19(18)27)34-14-17-7-4-3-6-16(17)13-29/h3-12H,14H2,1-2H3,(H,30,31,32)/b24-11-. The van der Waals surface area contributed by atoms with E-state index < -0.39 is 0 Å². The second-order valence-corrected chi connectivity index (χ2v) is 9.74. The van der Waals surface area contributed by atoms with E-state index in [-0.39, 0.29) is 12.5 Å². The minimum Gasteiger partial charge on any atom is -0.493 e. The highest BCUT2D eigenvalue weighted by atomic mass is 79.9. The van der Waals surface area contributed by atoms with Gasteiger partial charge in [0.25, 0.3) is 5.91 Å². The van der Waals surface area contributed by atoms with E-state index in [1.54, 1.807) is 37.5 Å². The summed E-state index contributed by atoms with van der Waals surface area (Å²) in [6, 6.07) is 18.5. The number of hydrogen-bond donors (Lipinski definition) is 1. The van der Waals surface area contributed by atoms with E-state index in [0.29, 0.717) is 37.8 Å². The van der Waals surface area contributed by atoms with Gasteiger partial charge in [-0.3, -0.25) is 4.79 Å². The molecule has 0 saturated carbocycles. The lowest BCUT2D eigenvalue weighted by atomic mass is 10.1. The van der Waals surface area contributed by atoms with Crippen LogP contribution in [0.3, 0.4) is 0 Å².